The van der Waals surface area contributed by atoms with E-state index in [1.165, 1.54) is 0 Å². The first kappa shape index (κ1) is 9.24. The van der Waals surface area contributed by atoms with Crippen molar-refractivity contribution in [2.45, 2.75) is 13.3 Å². The lowest BCUT2D eigenvalue weighted by molar-refractivity contribution is 0.409. The van der Waals surface area contributed by atoms with Crippen LogP contribution in [0.4, 0.5) is 0 Å². The third-order valence-corrected chi connectivity index (χ3v) is 2.10. The van der Waals surface area contributed by atoms with Gasteiger partial charge in [-0.05, 0) is 24.1 Å². The molecule has 0 aliphatic rings. The van der Waals surface area contributed by atoms with Crippen LogP contribution in [0.5, 0.6) is 0 Å². The van der Waals surface area contributed by atoms with Gasteiger partial charge in [0.15, 0.2) is 5.58 Å². The molecule has 0 saturated carbocycles. The Hall–Kier alpha value is -1.33. The molecule has 0 unspecified atom stereocenters. The number of rotatable bonds is 2. The zero-order valence-electron chi connectivity index (χ0n) is 7.77. The molecule has 1 heterocycles. The van der Waals surface area contributed by atoms with E-state index in [9.17, 15) is 0 Å². The van der Waals surface area contributed by atoms with Gasteiger partial charge in [0.1, 0.15) is 5.52 Å². The van der Waals surface area contributed by atoms with Crippen molar-refractivity contribution in [2.75, 3.05) is 0 Å². The molecule has 4 nitrogen and oxygen atoms in total. The fourth-order valence-corrected chi connectivity index (χ4v) is 1.32. The highest BCUT2D eigenvalue weighted by molar-refractivity contribution is 6.56. The molecule has 2 N–H and O–H groups in total. The van der Waals surface area contributed by atoms with Gasteiger partial charge in [0.2, 0.25) is 5.79 Å². The topological polar surface area (TPSA) is 66.5 Å². The van der Waals surface area contributed by atoms with Crippen LogP contribution in [0, 0.1) is 0 Å². The molecule has 72 valence electrons. The number of aryl methyl sites for hydroxylation is 1. The first-order chi connectivity index (χ1) is 6.70. The minimum absolute atomic E-state index is 0.0618. The van der Waals surface area contributed by atoms with Crippen molar-refractivity contribution in [3.8, 4) is 0 Å². The van der Waals surface area contributed by atoms with Crippen molar-refractivity contribution in [3.05, 3.63) is 23.8 Å². The van der Waals surface area contributed by atoms with Crippen molar-refractivity contribution in [1.82, 2.24) is 4.98 Å². The van der Waals surface area contributed by atoms with Gasteiger partial charge in [-0.2, -0.15) is 0 Å². The van der Waals surface area contributed by atoms with Gasteiger partial charge in [0.25, 0.3) is 0 Å². The smallest absolute Gasteiger partial charge is 0.444 e. The van der Waals surface area contributed by atoms with Gasteiger partial charge in [0.05, 0.1) is 0 Å². The lowest BCUT2D eigenvalue weighted by atomic mass is 9.93. The summed E-state index contributed by atoms with van der Waals surface area (Å²) >= 11 is 0. The minimum atomic E-state index is -1.65. The molecule has 0 fully saturated rings. The Morgan fingerprint density at radius 1 is 1.43 bits per heavy atom. The van der Waals surface area contributed by atoms with Crippen LogP contribution in [0.15, 0.2) is 22.6 Å². The SMILES string of the molecule is CCc1ccc2nc(B(O)O)oc2c1. The molecule has 0 aliphatic carbocycles. The quantitative estimate of drug-likeness (QED) is 0.659. The Labute approximate surface area is 81.3 Å². The van der Waals surface area contributed by atoms with Gasteiger partial charge >= 0.3 is 7.12 Å². The molecule has 2 aromatic rings. The number of nitrogens with zero attached hydrogens (tertiary/aromatic N) is 1. The van der Waals surface area contributed by atoms with E-state index in [0.717, 1.165) is 12.0 Å². The molecule has 2 rings (SSSR count). The summed E-state index contributed by atoms with van der Waals surface area (Å²) in [6.07, 6.45) is 0.910. The van der Waals surface area contributed by atoms with Gasteiger partial charge in [-0.3, -0.25) is 0 Å². The molecule has 1 aromatic heterocycles. The summed E-state index contributed by atoms with van der Waals surface area (Å²) in [5.41, 5.74) is 2.37. The van der Waals surface area contributed by atoms with E-state index in [0.29, 0.717) is 11.1 Å². The highest BCUT2D eigenvalue weighted by Gasteiger charge is 2.18. The van der Waals surface area contributed by atoms with E-state index < -0.39 is 7.12 Å². The van der Waals surface area contributed by atoms with Gasteiger partial charge in [0, 0.05) is 0 Å². The number of hydrogen-bond acceptors (Lipinski definition) is 4. The molecule has 1 aromatic carbocycles. The average molecular weight is 191 g/mol. The zero-order valence-corrected chi connectivity index (χ0v) is 7.77. The van der Waals surface area contributed by atoms with Crippen LogP contribution >= 0.6 is 0 Å². The summed E-state index contributed by atoms with van der Waals surface area (Å²) in [7, 11) is -1.65. The predicted molar refractivity (Wildman–Crippen MR) is 53.2 cm³/mol. The number of hydrogen-bond donors (Lipinski definition) is 2. The van der Waals surface area contributed by atoms with Crippen molar-refractivity contribution in [1.29, 1.82) is 0 Å². The van der Waals surface area contributed by atoms with E-state index >= 15 is 0 Å². The van der Waals surface area contributed by atoms with E-state index in [-0.39, 0.29) is 5.79 Å². The van der Waals surface area contributed by atoms with Gasteiger partial charge in [-0.1, -0.05) is 13.0 Å². The fourth-order valence-electron chi connectivity index (χ4n) is 1.32. The Kier molecular flexibility index (Phi) is 2.27. The van der Waals surface area contributed by atoms with Crippen LogP contribution in [-0.2, 0) is 6.42 Å². The maximum Gasteiger partial charge on any atom is 0.548 e. The summed E-state index contributed by atoms with van der Waals surface area (Å²) in [5.74, 6) is -0.0618. The molecule has 5 heteroatoms. The van der Waals surface area contributed by atoms with Crippen LogP contribution in [0.1, 0.15) is 12.5 Å². The molecule has 0 aliphatic heterocycles. The lowest BCUT2D eigenvalue weighted by Crippen LogP contribution is -2.30. The van der Waals surface area contributed by atoms with Crippen LogP contribution in [-0.4, -0.2) is 22.2 Å². The second-order valence-electron chi connectivity index (χ2n) is 3.08. The fraction of sp³-hybridized carbons (Fsp3) is 0.222. The van der Waals surface area contributed by atoms with E-state index in [2.05, 4.69) is 4.98 Å². The van der Waals surface area contributed by atoms with Crippen molar-refractivity contribution < 1.29 is 14.5 Å². The molecular formula is C9H10BNO3. The van der Waals surface area contributed by atoms with E-state index in [1.54, 1.807) is 0 Å². The summed E-state index contributed by atoms with van der Waals surface area (Å²) < 4.78 is 5.16. The molecule has 14 heavy (non-hydrogen) atoms. The average Bonchev–Trinajstić information content (AvgIpc) is 2.59. The van der Waals surface area contributed by atoms with Gasteiger partial charge in [-0.25, -0.2) is 4.98 Å². The van der Waals surface area contributed by atoms with Crippen LogP contribution in [0.3, 0.4) is 0 Å². The second kappa shape index (κ2) is 3.44. The molecular weight excluding hydrogens is 181 g/mol. The first-order valence-corrected chi connectivity index (χ1v) is 4.46. The number of benzene rings is 1. The highest BCUT2D eigenvalue weighted by atomic mass is 16.4. The standard InChI is InChI=1S/C9H10BNO3/c1-2-6-3-4-7-8(5-6)14-9(11-7)10(12)13/h3-5,12-13H,2H2,1H3. The normalized spacial score (nSPS) is 10.8. The Morgan fingerprint density at radius 2 is 2.21 bits per heavy atom. The monoisotopic (exact) mass is 191 g/mol. The number of aromatic nitrogens is 1. The first-order valence-electron chi connectivity index (χ1n) is 4.46. The second-order valence-corrected chi connectivity index (χ2v) is 3.08. The maximum absolute atomic E-state index is 8.85. The molecule has 0 amide bonds. The van der Waals surface area contributed by atoms with Gasteiger partial charge < -0.3 is 14.5 Å². The van der Waals surface area contributed by atoms with Crippen LogP contribution < -0.4 is 5.79 Å². The van der Waals surface area contributed by atoms with Crippen LogP contribution in [0.2, 0.25) is 0 Å². The van der Waals surface area contributed by atoms with E-state index in [4.69, 9.17) is 14.5 Å². The summed E-state index contributed by atoms with van der Waals surface area (Å²) in [6.45, 7) is 2.04. The maximum atomic E-state index is 8.85. The predicted octanol–water partition coefficient (Wildman–Crippen LogP) is 0.0700. The summed E-state index contributed by atoms with van der Waals surface area (Å²) in [6, 6.07) is 5.61. The van der Waals surface area contributed by atoms with Crippen molar-refractivity contribution in [2.24, 2.45) is 0 Å². The number of fused-ring (bicyclic) bond motifs is 1. The Balaban J connectivity index is 2.54. The van der Waals surface area contributed by atoms with E-state index in [1.807, 2.05) is 25.1 Å². The lowest BCUT2D eigenvalue weighted by Gasteiger charge is -1.92. The molecule has 0 saturated heterocycles. The Morgan fingerprint density at radius 3 is 2.86 bits per heavy atom. The third kappa shape index (κ3) is 1.52. The van der Waals surface area contributed by atoms with Crippen molar-refractivity contribution in [3.63, 3.8) is 0 Å². The summed E-state index contributed by atoms with van der Waals surface area (Å²) in [4.78, 5) is 3.92. The van der Waals surface area contributed by atoms with Crippen molar-refractivity contribution >= 4 is 24.0 Å². The molecule has 0 bridgehead atoms. The summed E-state index contributed by atoms with van der Waals surface area (Å²) in [5, 5.41) is 17.7. The Bertz CT molecular complexity index is 452. The molecule has 0 spiro atoms. The van der Waals surface area contributed by atoms with Gasteiger partial charge in [-0.15, -0.1) is 0 Å². The van der Waals surface area contributed by atoms with Crippen LogP contribution in [0.25, 0.3) is 11.1 Å². The highest BCUT2D eigenvalue weighted by Crippen LogP contribution is 2.13. The zero-order chi connectivity index (χ0) is 10.1. The number of oxazole rings is 1. The molecule has 0 atom stereocenters. The largest absolute Gasteiger partial charge is 0.548 e. The molecule has 0 radical (unpaired) electrons. The third-order valence-electron chi connectivity index (χ3n) is 2.10. The minimum Gasteiger partial charge on any atom is -0.444 e.